The zero-order valence-corrected chi connectivity index (χ0v) is 10.2. The van der Waals surface area contributed by atoms with Crippen LogP contribution in [0.2, 0.25) is 0 Å². The van der Waals surface area contributed by atoms with Gasteiger partial charge in [0.05, 0.1) is 20.7 Å². The lowest BCUT2D eigenvalue weighted by Crippen LogP contribution is -2.01. The highest BCUT2D eigenvalue weighted by molar-refractivity contribution is 5.81. The number of hydrogen-bond acceptors (Lipinski definition) is 4. The quantitative estimate of drug-likeness (QED) is 0.694. The summed E-state index contributed by atoms with van der Waals surface area (Å²) in [5.74, 6) is 1.56. The lowest BCUT2D eigenvalue weighted by molar-refractivity contribution is 0.415. The van der Waals surface area contributed by atoms with E-state index in [1.165, 1.54) is 4.80 Å². The Labute approximate surface area is 104 Å². The number of methoxy groups -OCH3 is 1. The molecule has 0 atom stereocenters. The van der Waals surface area contributed by atoms with E-state index >= 15 is 0 Å². The number of fused-ring (bicyclic) bond motifs is 1. The first-order valence-corrected chi connectivity index (χ1v) is 5.62. The summed E-state index contributed by atoms with van der Waals surface area (Å²) in [6.45, 7) is 0.615. The van der Waals surface area contributed by atoms with E-state index in [1.807, 2.05) is 30.5 Å². The van der Waals surface area contributed by atoms with Crippen LogP contribution in [0.5, 0.6) is 5.75 Å². The van der Waals surface area contributed by atoms with Crippen molar-refractivity contribution in [2.45, 2.75) is 6.54 Å². The molecule has 18 heavy (non-hydrogen) atoms. The predicted molar refractivity (Wildman–Crippen MR) is 66.4 cm³/mol. The molecule has 0 amide bonds. The molecule has 0 fully saturated rings. The molecule has 0 radical (unpaired) electrons. The molecule has 0 unspecified atom stereocenters. The van der Waals surface area contributed by atoms with Gasteiger partial charge in [-0.05, 0) is 29.5 Å². The van der Waals surface area contributed by atoms with Crippen molar-refractivity contribution in [1.29, 1.82) is 0 Å². The maximum absolute atomic E-state index is 5.21. The van der Waals surface area contributed by atoms with E-state index in [4.69, 9.17) is 4.74 Å². The molecular formula is C12H13N5O. The molecule has 0 saturated heterocycles. The Kier molecular flexibility index (Phi) is 2.47. The van der Waals surface area contributed by atoms with Crippen molar-refractivity contribution < 1.29 is 4.74 Å². The van der Waals surface area contributed by atoms with E-state index in [0.717, 1.165) is 16.7 Å². The van der Waals surface area contributed by atoms with Gasteiger partial charge < -0.3 is 9.30 Å². The van der Waals surface area contributed by atoms with Gasteiger partial charge in [-0.25, -0.2) is 0 Å². The lowest BCUT2D eigenvalue weighted by Gasteiger charge is -2.03. The minimum absolute atomic E-state index is 0.615. The first-order chi connectivity index (χ1) is 8.76. The second-order valence-corrected chi connectivity index (χ2v) is 4.06. The smallest absolute Gasteiger partial charge is 0.194 e. The van der Waals surface area contributed by atoms with Crippen molar-refractivity contribution in [3.05, 3.63) is 36.3 Å². The highest BCUT2D eigenvalue weighted by atomic mass is 16.5. The normalized spacial score (nSPS) is 11.0. The molecule has 0 N–H and O–H groups in total. The van der Waals surface area contributed by atoms with Crippen LogP contribution in [0.3, 0.4) is 0 Å². The Balaban J connectivity index is 1.97. The highest BCUT2D eigenvalue weighted by Gasteiger charge is 2.06. The van der Waals surface area contributed by atoms with Gasteiger partial charge in [0.2, 0.25) is 0 Å². The van der Waals surface area contributed by atoms with E-state index < -0.39 is 0 Å². The van der Waals surface area contributed by atoms with Gasteiger partial charge in [-0.15, -0.1) is 10.2 Å². The maximum Gasteiger partial charge on any atom is 0.194 e. The molecule has 0 bridgehead atoms. The van der Waals surface area contributed by atoms with Gasteiger partial charge in [0.25, 0.3) is 0 Å². The summed E-state index contributed by atoms with van der Waals surface area (Å²) in [4.78, 5) is 1.46. The fourth-order valence-corrected chi connectivity index (χ4v) is 1.98. The molecule has 0 aliphatic heterocycles. The van der Waals surface area contributed by atoms with Crippen LogP contribution in [-0.4, -0.2) is 31.9 Å². The zero-order chi connectivity index (χ0) is 12.5. The maximum atomic E-state index is 5.21. The third-order valence-corrected chi connectivity index (χ3v) is 2.84. The van der Waals surface area contributed by atoms with E-state index in [9.17, 15) is 0 Å². The lowest BCUT2D eigenvalue weighted by atomic mass is 10.2. The number of ether oxygens (including phenoxy) is 1. The van der Waals surface area contributed by atoms with Gasteiger partial charge >= 0.3 is 0 Å². The number of hydrogen-bond donors (Lipinski definition) is 0. The first-order valence-electron chi connectivity index (χ1n) is 5.62. The van der Waals surface area contributed by atoms with E-state index in [2.05, 4.69) is 20.0 Å². The van der Waals surface area contributed by atoms with Gasteiger partial charge in [-0.1, -0.05) is 0 Å². The van der Waals surface area contributed by atoms with Crippen LogP contribution < -0.4 is 4.74 Å². The van der Waals surface area contributed by atoms with Crippen LogP contribution in [0.4, 0.5) is 0 Å². The molecule has 1 aromatic carbocycles. The third kappa shape index (κ3) is 1.81. The van der Waals surface area contributed by atoms with Gasteiger partial charge in [-0.3, -0.25) is 0 Å². The monoisotopic (exact) mass is 243 g/mol. The Morgan fingerprint density at radius 2 is 2.17 bits per heavy atom. The summed E-state index contributed by atoms with van der Waals surface area (Å²) in [6, 6.07) is 8.04. The van der Waals surface area contributed by atoms with Crippen molar-refractivity contribution >= 4 is 10.9 Å². The minimum Gasteiger partial charge on any atom is -0.497 e. The second-order valence-electron chi connectivity index (χ2n) is 4.06. The highest BCUT2D eigenvalue weighted by Crippen LogP contribution is 2.22. The van der Waals surface area contributed by atoms with Crippen molar-refractivity contribution in [3.63, 3.8) is 0 Å². The van der Waals surface area contributed by atoms with E-state index in [0.29, 0.717) is 12.4 Å². The van der Waals surface area contributed by atoms with Crippen LogP contribution in [-0.2, 0) is 13.6 Å². The molecule has 3 aromatic rings. The summed E-state index contributed by atoms with van der Waals surface area (Å²) in [5.41, 5.74) is 1.13. The van der Waals surface area contributed by atoms with Crippen molar-refractivity contribution in [1.82, 2.24) is 24.8 Å². The Morgan fingerprint density at radius 1 is 1.28 bits per heavy atom. The zero-order valence-electron chi connectivity index (χ0n) is 10.2. The number of rotatable bonds is 3. The molecule has 0 aliphatic rings. The van der Waals surface area contributed by atoms with Crippen molar-refractivity contribution in [2.24, 2.45) is 7.05 Å². The number of aryl methyl sites for hydroxylation is 1. The van der Waals surface area contributed by atoms with Crippen molar-refractivity contribution in [3.8, 4) is 5.75 Å². The number of benzene rings is 1. The molecule has 92 valence electrons. The molecule has 0 spiro atoms. The van der Waals surface area contributed by atoms with Gasteiger partial charge in [0.1, 0.15) is 5.75 Å². The summed E-state index contributed by atoms with van der Waals surface area (Å²) in [7, 11) is 3.43. The van der Waals surface area contributed by atoms with Crippen LogP contribution in [0.1, 0.15) is 5.82 Å². The molecule has 0 saturated carbocycles. The summed E-state index contributed by atoms with van der Waals surface area (Å²) in [6.07, 6.45) is 2.01. The number of aromatic nitrogens is 5. The van der Waals surface area contributed by atoms with Crippen molar-refractivity contribution in [2.75, 3.05) is 7.11 Å². The topological polar surface area (TPSA) is 57.8 Å². The van der Waals surface area contributed by atoms with E-state index in [1.54, 1.807) is 14.2 Å². The molecule has 0 aliphatic carbocycles. The fourth-order valence-electron chi connectivity index (χ4n) is 1.98. The summed E-state index contributed by atoms with van der Waals surface area (Å²) >= 11 is 0. The Morgan fingerprint density at radius 3 is 2.89 bits per heavy atom. The van der Waals surface area contributed by atoms with Gasteiger partial charge in [0, 0.05) is 17.1 Å². The molecule has 2 aromatic heterocycles. The molecule has 6 nitrogen and oxygen atoms in total. The third-order valence-electron chi connectivity index (χ3n) is 2.84. The molecule has 2 heterocycles. The van der Waals surface area contributed by atoms with Gasteiger partial charge in [0.15, 0.2) is 5.82 Å². The van der Waals surface area contributed by atoms with Gasteiger partial charge in [-0.2, -0.15) is 4.80 Å². The van der Waals surface area contributed by atoms with E-state index in [-0.39, 0.29) is 0 Å². The number of tetrazole rings is 1. The first kappa shape index (κ1) is 10.8. The molecular weight excluding hydrogens is 230 g/mol. The summed E-state index contributed by atoms with van der Waals surface area (Å²) < 4.78 is 7.29. The minimum atomic E-state index is 0.615. The van der Waals surface area contributed by atoms with Crippen LogP contribution in [0, 0.1) is 0 Å². The Hall–Kier alpha value is -2.37. The SMILES string of the molecule is COc1ccc2c(ccn2Cc2nnn(C)n2)c1. The van der Waals surface area contributed by atoms with Crippen LogP contribution >= 0.6 is 0 Å². The Bertz CT molecular complexity index is 685. The second kappa shape index (κ2) is 4.14. The molecule has 6 heteroatoms. The fraction of sp³-hybridized carbons (Fsp3) is 0.250. The average molecular weight is 243 g/mol. The predicted octanol–water partition coefficient (Wildman–Crippen LogP) is 1.22. The average Bonchev–Trinajstić information content (AvgIpc) is 2.96. The standard InChI is InChI=1S/C12H13N5O/c1-16-14-12(13-15-16)8-17-6-5-9-7-10(18-2)3-4-11(9)17/h3-7H,8H2,1-2H3. The number of nitrogens with zero attached hydrogens (tertiary/aromatic N) is 5. The van der Waals surface area contributed by atoms with Crippen LogP contribution in [0.15, 0.2) is 30.5 Å². The summed E-state index contributed by atoms with van der Waals surface area (Å²) in [5, 5.41) is 13.1. The largest absolute Gasteiger partial charge is 0.497 e. The van der Waals surface area contributed by atoms with Crippen LogP contribution in [0.25, 0.3) is 10.9 Å². The molecule has 3 rings (SSSR count).